The van der Waals surface area contributed by atoms with Crippen molar-refractivity contribution >= 4 is 9.52 Å². The quantitative estimate of drug-likeness (QED) is 0.433. The molecule has 0 fully saturated rings. The Labute approximate surface area is 153 Å². The molecule has 3 rings (SSSR count). The number of aromatic nitrogens is 2. The Morgan fingerprint density at radius 3 is 2.16 bits per heavy atom. The second-order valence-corrected chi connectivity index (χ2v) is 8.28. The van der Waals surface area contributed by atoms with Crippen molar-refractivity contribution in [1.29, 1.82) is 0 Å². The molecule has 1 heterocycles. The summed E-state index contributed by atoms with van der Waals surface area (Å²) in [5, 5.41) is -0.137. The molecule has 2 nitrogen and oxygen atoms in total. The van der Waals surface area contributed by atoms with E-state index in [1.54, 1.807) is 0 Å². The molecule has 1 aromatic heterocycles. The smallest absolute Gasteiger partial charge is 0.0954 e. The first-order valence-corrected chi connectivity index (χ1v) is 10.6. The summed E-state index contributed by atoms with van der Waals surface area (Å²) in [6, 6.07) is 21.7. The zero-order valence-electron chi connectivity index (χ0n) is 14.9. The Hall–Kier alpha value is -2.39. The molecule has 0 bridgehead atoms. The van der Waals surface area contributed by atoms with E-state index in [4.69, 9.17) is 0 Å². The monoisotopic (exact) mass is 346 g/mol. The van der Waals surface area contributed by atoms with Crippen LogP contribution in [0.1, 0.15) is 37.3 Å². The summed E-state index contributed by atoms with van der Waals surface area (Å²) in [7, 11) is -0.633. The SMILES string of the molecule is CCCCC=C[SiH2]C(c1ccccc1)(c1ccccc1)n1ccnc1. The fraction of sp³-hybridized carbons (Fsp3) is 0.227. The summed E-state index contributed by atoms with van der Waals surface area (Å²) in [6.45, 7) is 2.25. The van der Waals surface area contributed by atoms with Crippen molar-refractivity contribution < 1.29 is 0 Å². The molecule has 0 unspecified atom stereocenters. The van der Waals surface area contributed by atoms with Crippen LogP contribution in [-0.2, 0) is 5.16 Å². The highest BCUT2D eigenvalue weighted by atomic mass is 28.2. The largest absolute Gasteiger partial charge is 0.326 e. The van der Waals surface area contributed by atoms with Crippen molar-refractivity contribution in [3.8, 4) is 0 Å². The van der Waals surface area contributed by atoms with Crippen LogP contribution in [0.2, 0.25) is 0 Å². The highest BCUT2D eigenvalue weighted by Gasteiger charge is 2.34. The summed E-state index contributed by atoms with van der Waals surface area (Å²) in [4.78, 5) is 4.36. The van der Waals surface area contributed by atoms with Crippen molar-refractivity contribution in [2.75, 3.05) is 0 Å². The van der Waals surface area contributed by atoms with Gasteiger partial charge in [0.15, 0.2) is 0 Å². The molecule has 0 atom stereocenters. The maximum atomic E-state index is 4.36. The number of imidazole rings is 1. The lowest BCUT2D eigenvalue weighted by Crippen LogP contribution is -2.41. The van der Waals surface area contributed by atoms with Crippen LogP contribution in [0.25, 0.3) is 0 Å². The average Bonchev–Trinajstić information content (AvgIpc) is 3.21. The average molecular weight is 347 g/mol. The van der Waals surface area contributed by atoms with E-state index < -0.39 is 9.52 Å². The Bertz CT molecular complexity index is 725. The van der Waals surface area contributed by atoms with Gasteiger partial charge >= 0.3 is 0 Å². The molecule has 0 amide bonds. The maximum Gasteiger partial charge on any atom is 0.0954 e. The standard InChI is InChI=1S/C22H26N2Si/c1-2-3-4-11-18-25-22(24-17-16-23-19-24,20-12-7-5-8-13-20)21-14-9-6-10-15-21/h5-19H,2-4,25H2,1H3. The van der Waals surface area contributed by atoms with Crippen molar-refractivity contribution in [3.05, 3.63) is 102 Å². The minimum atomic E-state index is -0.633. The van der Waals surface area contributed by atoms with E-state index in [-0.39, 0.29) is 5.16 Å². The van der Waals surface area contributed by atoms with Gasteiger partial charge in [-0.15, -0.1) is 5.70 Å². The normalized spacial score (nSPS) is 12.4. The van der Waals surface area contributed by atoms with E-state index in [9.17, 15) is 0 Å². The molecule has 0 spiro atoms. The molecule has 2 aromatic carbocycles. The van der Waals surface area contributed by atoms with Gasteiger partial charge in [0.2, 0.25) is 0 Å². The summed E-state index contributed by atoms with van der Waals surface area (Å²) in [5.74, 6) is 0. The van der Waals surface area contributed by atoms with Crippen molar-refractivity contribution in [3.63, 3.8) is 0 Å². The fourth-order valence-corrected chi connectivity index (χ4v) is 5.50. The molecule has 0 aliphatic carbocycles. The molecule has 0 saturated heterocycles. The molecule has 0 radical (unpaired) electrons. The molecule has 25 heavy (non-hydrogen) atoms. The summed E-state index contributed by atoms with van der Waals surface area (Å²) < 4.78 is 2.30. The van der Waals surface area contributed by atoms with Crippen LogP contribution in [0.15, 0.2) is 91.2 Å². The summed E-state index contributed by atoms with van der Waals surface area (Å²) in [5.41, 5.74) is 5.15. The van der Waals surface area contributed by atoms with Gasteiger partial charge in [-0.1, -0.05) is 86.5 Å². The predicted molar refractivity (Wildman–Crippen MR) is 108 cm³/mol. The van der Waals surface area contributed by atoms with Crippen LogP contribution < -0.4 is 0 Å². The van der Waals surface area contributed by atoms with Gasteiger partial charge in [-0.05, 0) is 17.5 Å². The molecule has 0 aliphatic rings. The topological polar surface area (TPSA) is 17.8 Å². The first-order chi connectivity index (χ1) is 12.4. The van der Waals surface area contributed by atoms with Gasteiger partial charge in [-0.3, -0.25) is 0 Å². The molecule has 0 N–H and O–H groups in total. The molecule has 3 aromatic rings. The Morgan fingerprint density at radius 1 is 1.00 bits per heavy atom. The zero-order chi connectivity index (χ0) is 17.4. The van der Waals surface area contributed by atoms with Crippen molar-refractivity contribution in [2.24, 2.45) is 0 Å². The third-order valence-corrected chi connectivity index (χ3v) is 7.09. The number of hydrogen-bond acceptors (Lipinski definition) is 1. The Kier molecular flexibility index (Phi) is 6.02. The molecule has 3 heteroatoms. The van der Waals surface area contributed by atoms with Gasteiger partial charge in [0.1, 0.15) is 0 Å². The van der Waals surface area contributed by atoms with E-state index >= 15 is 0 Å². The highest BCUT2D eigenvalue weighted by Crippen LogP contribution is 2.33. The third-order valence-electron chi connectivity index (χ3n) is 4.75. The Balaban J connectivity index is 2.09. The lowest BCUT2D eigenvalue weighted by molar-refractivity contribution is 0.596. The van der Waals surface area contributed by atoms with Gasteiger partial charge < -0.3 is 4.57 Å². The van der Waals surface area contributed by atoms with E-state index in [2.05, 4.69) is 95.1 Å². The van der Waals surface area contributed by atoms with Crippen molar-refractivity contribution in [2.45, 2.75) is 31.3 Å². The molecule has 0 saturated carbocycles. The van der Waals surface area contributed by atoms with Crippen LogP contribution >= 0.6 is 0 Å². The van der Waals surface area contributed by atoms with Gasteiger partial charge in [0.25, 0.3) is 0 Å². The fourth-order valence-electron chi connectivity index (χ4n) is 3.41. The number of hydrogen-bond donors (Lipinski definition) is 0. The van der Waals surface area contributed by atoms with Crippen LogP contribution in [0, 0.1) is 0 Å². The zero-order valence-corrected chi connectivity index (χ0v) is 16.3. The second kappa shape index (κ2) is 8.63. The number of allylic oxidation sites excluding steroid dienone is 1. The molecule has 128 valence electrons. The first-order valence-electron chi connectivity index (χ1n) is 9.12. The molecule has 0 aliphatic heterocycles. The lowest BCUT2D eigenvalue weighted by Gasteiger charge is -2.36. The maximum absolute atomic E-state index is 4.36. The molecular formula is C22H26N2Si. The molecular weight excluding hydrogens is 320 g/mol. The lowest BCUT2D eigenvalue weighted by atomic mass is 9.97. The minimum Gasteiger partial charge on any atom is -0.326 e. The van der Waals surface area contributed by atoms with Crippen molar-refractivity contribution in [1.82, 2.24) is 9.55 Å². The summed E-state index contributed by atoms with van der Waals surface area (Å²) in [6.07, 6.45) is 12.0. The highest BCUT2D eigenvalue weighted by molar-refractivity contribution is 6.47. The van der Waals surface area contributed by atoms with Gasteiger partial charge in [-0.25, -0.2) is 4.98 Å². The van der Waals surface area contributed by atoms with Gasteiger partial charge in [-0.2, -0.15) is 0 Å². The van der Waals surface area contributed by atoms with E-state index in [1.165, 1.54) is 30.4 Å². The number of benzene rings is 2. The number of nitrogens with zero attached hydrogens (tertiary/aromatic N) is 2. The summed E-state index contributed by atoms with van der Waals surface area (Å²) >= 11 is 0. The van der Waals surface area contributed by atoms with Crippen LogP contribution in [-0.4, -0.2) is 19.1 Å². The van der Waals surface area contributed by atoms with Gasteiger partial charge in [0, 0.05) is 12.4 Å². The van der Waals surface area contributed by atoms with Gasteiger partial charge in [0.05, 0.1) is 21.0 Å². The van der Waals surface area contributed by atoms with Crippen LogP contribution in [0.4, 0.5) is 0 Å². The second-order valence-electron chi connectivity index (χ2n) is 6.38. The van der Waals surface area contributed by atoms with Crippen LogP contribution in [0.3, 0.4) is 0 Å². The predicted octanol–water partition coefficient (Wildman–Crippen LogP) is 4.51. The number of rotatable bonds is 8. The number of unbranched alkanes of at least 4 members (excludes halogenated alkanes) is 2. The van der Waals surface area contributed by atoms with E-state index in [1.807, 2.05) is 12.5 Å². The van der Waals surface area contributed by atoms with E-state index in [0.29, 0.717) is 0 Å². The first kappa shape index (κ1) is 17.4. The van der Waals surface area contributed by atoms with Crippen LogP contribution in [0.5, 0.6) is 0 Å². The third kappa shape index (κ3) is 3.82. The Morgan fingerprint density at radius 2 is 1.64 bits per heavy atom. The van der Waals surface area contributed by atoms with E-state index in [0.717, 1.165) is 0 Å². The minimum absolute atomic E-state index is 0.137.